The Morgan fingerprint density at radius 1 is 0.917 bits per heavy atom. The number of amides is 2. The van der Waals surface area contributed by atoms with Crippen LogP contribution in [0.4, 0.5) is 4.79 Å². The van der Waals surface area contributed by atoms with Crippen molar-refractivity contribution in [1.29, 1.82) is 0 Å². The van der Waals surface area contributed by atoms with Crippen LogP contribution in [0.5, 0.6) is 0 Å². The summed E-state index contributed by atoms with van der Waals surface area (Å²) in [5.74, 6) is 0. The highest BCUT2D eigenvalue weighted by molar-refractivity contribution is 5.73. The van der Waals surface area contributed by atoms with Gasteiger partial charge in [-0.2, -0.15) is 0 Å². The summed E-state index contributed by atoms with van der Waals surface area (Å²) in [6.07, 6.45) is 2.02. The molecule has 0 aliphatic heterocycles. The predicted octanol–water partition coefficient (Wildman–Crippen LogP) is 0.214. The van der Waals surface area contributed by atoms with Crippen LogP contribution >= 0.6 is 0 Å². The van der Waals surface area contributed by atoms with Gasteiger partial charge in [0.1, 0.15) is 13.1 Å². The molecule has 0 atom stereocenters. The third kappa shape index (κ3) is 13.5. The van der Waals surface area contributed by atoms with E-state index in [1.807, 2.05) is 6.92 Å². The van der Waals surface area contributed by atoms with Gasteiger partial charge >= 0.3 is 6.03 Å². The summed E-state index contributed by atoms with van der Waals surface area (Å²) in [5.41, 5.74) is 5.57. The minimum atomic E-state index is -0.0819. The molecular weight excluding hydrogens is 306 g/mol. The molecule has 0 radical (unpaired) electrons. The molecule has 0 rings (SSSR count). The molecule has 0 fully saturated rings. The second-order valence-corrected chi connectivity index (χ2v) is 7.66. The Labute approximate surface area is 148 Å². The summed E-state index contributed by atoms with van der Waals surface area (Å²) in [7, 11) is 8.86. The van der Waals surface area contributed by atoms with Crippen LogP contribution in [0, 0.1) is 0 Å². The van der Waals surface area contributed by atoms with Gasteiger partial charge in [-0.25, -0.2) is 4.79 Å². The summed E-state index contributed by atoms with van der Waals surface area (Å²) in [4.78, 5) is 11.3. The van der Waals surface area contributed by atoms with Crippen LogP contribution in [0.25, 0.3) is 0 Å². The van der Waals surface area contributed by atoms with Gasteiger partial charge in [0.2, 0.25) is 0 Å². The average Bonchev–Trinajstić information content (AvgIpc) is 2.49. The van der Waals surface area contributed by atoms with Crippen molar-refractivity contribution in [2.75, 3.05) is 87.2 Å². The van der Waals surface area contributed by atoms with Gasteiger partial charge in [0.15, 0.2) is 0 Å². The number of nitrogens with two attached hydrogens (primary N) is 1. The van der Waals surface area contributed by atoms with Crippen molar-refractivity contribution < 1.29 is 18.5 Å². The van der Waals surface area contributed by atoms with E-state index in [2.05, 4.69) is 38.8 Å². The van der Waals surface area contributed by atoms with Gasteiger partial charge in [0.05, 0.1) is 54.5 Å². The molecule has 0 spiro atoms. The Bertz CT molecular complexity index is 335. The lowest BCUT2D eigenvalue weighted by Gasteiger charge is -2.31. The molecule has 0 heterocycles. The number of hydrogen-bond donors (Lipinski definition) is 3. The molecule has 0 saturated heterocycles. The predicted molar refractivity (Wildman–Crippen MR) is 99.9 cm³/mol. The molecule has 7 nitrogen and oxygen atoms in total. The minimum absolute atomic E-state index is 0.0819. The van der Waals surface area contributed by atoms with Gasteiger partial charge in [0.25, 0.3) is 0 Å². The number of nitrogens with one attached hydrogen (secondary N) is 2. The van der Waals surface area contributed by atoms with Crippen molar-refractivity contribution in [2.45, 2.75) is 19.8 Å². The van der Waals surface area contributed by atoms with E-state index in [0.29, 0.717) is 13.1 Å². The number of ether oxygens (including phenoxy) is 1. The molecule has 24 heavy (non-hydrogen) atoms. The lowest BCUT2D eigenvalue weighted by molar-refractivity contribution is -0.894. The lowest BCUT2D eigenvalue weighted by atomic mass is 10.3. The van der Waals surface area contributed by atoms with Crippen LogP contribution < -0.4 is 16.4 Å². The summed E-state index contributed by atoms with van der Waals surface area (Å²) >= 11 is 0. The fourth-order valence-corrected chi connectivity index (χ4v) is 2.40. The van der Waals surface area contributed by atoms with E-state index < -0.39 is 0 Å². The molecule has 0 aliphatic rings. The van der Waals surface area contributed by atoms with Crippen LogP contribution in [-0.2, 0) is 4.74 Å². The zero-order valence-electron chi connectivity index (χ0n) is 16.6. The molecule has 0 aromatic carbocycles. The van der Waals surface area contributed by atoms with Crippen LogP contribution in [0.1, 0.15) is 19.8 Å². The van der Waals surface area contributed by atoms with Gasteiger partial charge in [-0.05, 0) is 13.5 Å². The molecule has 0 saturated carbocycles. The average molecular weight is 348 g/mol. The quantitative estimate of drug-likeness (QED) is 0.311. The first kappa shape index (κ1) is 23.1. The maximum atomic E-state index is 11.3. The Balaban J connectivity index is 3.71. The van der Waals surface area contributed by atoms with Crippen LogP contribution in [0.15, 0.2) is 0 Å². The van der Waals surface area contributed by atoms with Crippen LogP contribution in [-0.4, -0.2) is 102 Å². The molecule has 144 valence electrons. The van der Waals surface area contributed by atoms with Crippen molar-refractivity contribution in [3.8, 4) is 0 Å². The topological polar surface area (TPSA) is 76.4 Å². The van der Waals surface area contributed by atoms with Crippen molar-refractivity contribution >= 4 is 6.03 Å². The Morgan fingerprint density at radius 3 is 1.96 bits per heavy atom. The van der Waals surface area contributed by atoms with Crippen molar-refractivity contribution in [1.82, 2.24) is 10.6 Å². The van der Waals surface area contributed by atoms with Crippen molar-refractivity contribution in [3.63, 3.8) is 0 Å². The zero-order chi connectivity index (χ0) is 18.5. The second-order valence-electron chi connectivity index (χ2n) is 7.66. The molecule has 0 aliphatic carbocycles. The third-order valence-electron chi connectivity index (χ3n) is 4.21. The summed E-state index contributed by atoms with van der Waals surface area (Å²) < 4.78 is 7.68. The number of rotatable bonds is 14. The highest BCUT2D eigenvalue weighted by Gasteiger charge is 2.16. The van der Waals surface area contributed by atoms with Gasteiger partial charge in [0, 0.05) is 25.9 Å². The number of likely N-dealkylation sites (N-methyl/N-ethyl adjacent to an activating group) is 2. The second kappa shape index (κ2) is 12.5. The number of carbonyl (C=O) groups excluding carboxylic acids is 1. The fraction of sp³-hybridized carbons (Fsp3) is 0.941. The van der Waals surface area contributed by atoms with Crippen LogP contribution in [0.2, 0.25) is 0 Å². The van der Waals surface area contributed by atoms with E-state index in [-0.39, 0.29) is 6.03 Å². The molecule has 0 unspecified atom stereocenters. The monoisotopic (exact) mass is 347 g/mol. The number of hydrogen-bond acceptors (Lipinski definition) is 3. The Hall–Kier alpha value is -0.890. The molecule has 0 bridgehead atoms. The van der Waals surface area contributed by atoms with Gasteiger partial charge < -0.3 is 30.1 Å². The normalized spacial score (nSPS) is 12.2. The van der Waals surface area contributed by atoms with E-state index in [1.54, 1.807) is 0 Å². The third-order valence-corrected chi connectivity index (χ3v) is 4.21. The first-order valence-electron chi connectivity index (χ1n) is 9.16. The molecule has 2 amide bonds. The number of urea groups is 1. The first-order chi connectivity index (χ1) is 11.2. The lowest BCUT2D eigenvalue weighted by Crippen LogP contribution is -2.46. The van der Waals surface area contributed by atoms with Crippen molar-refractivity contribution in [2.24, 2.45) is 5.73 Å². The zero-order valence-corrected chi connectivity index (χ0v) is 16.6. The first-order valence-corrected chi connectivity index (χ1v) is 9.16. The molecule has 0 aromatic heterocycles. The molecule has 4 N–H and O–H groups in total. The number of nitrogens with zero attached hydrogens (tertiary/aromatic N) is 2. The van der Waals surface area contributed by atoms with Crippen molar-refractivity contribution in [3.05, 3.63) is 0 Å². The number of quaternary nitrogens is 2. The van der Waals surface area contributed by atoms with Gasteiger partial charge in [-0.1, -0.05) is 0 Å². The van der Waals surface area contributed by atoms with E-state index in [9.17, 15) is 4.79 Å². The SMILES string of the molecule is CCNC(=O)NCCC[N+](C)(C)CCOCC[N+](C)(C)CCCN. The highest BCUT2D eigenvalue weighted by atomic mass is 16.5. The van der Waals surface area contributed by atoms with Gasteiger partial charge in [-0.3, -0.25) is 0 Å². The van der Waals surface area contributed by atoms with Crippen LogP contribution in [0.3, 0.4) is 0 Å². The fourth-order valence-electron chi connectivity index (χ4n) is 2.40. The Kier molecular flexibility index (Phi) is 12.0. The Morgan fingerprint density at radius 2 is 1.46 bits per heavy atom. The van der Waals surface area contributed by atoms with E-state index in [4.69, 9.17) is 10.5 Å². The van der Waals surface area contributed by atoms with E-state index in [0.717, 1.165) is 67.7 Å². The molecule has 0 aromatic rings. The maximum absolute atomic E-state index is 11.3. The summed E-state index contributed by atoms with van der Waals surface area (Å²) in [6, 6.07) is -0.0819. The number of carbonyl (C=O) groups is 1. The van der Waals surface area contributed by atoms with Gasteiger partial charge in [-0.15, -0.1) is 0 Å². The standard InChI is InChI=1S/C17H40N5O2/c1-6-19-17(23)20-10-8-12-22(4,5)14-16-24-15-13-21(2,3)11-7-9-18/h6-16,18H2,1-5H3,(H-,19,20,23)/q+1/p+1. The maximum Gasteiger partial charge on any atom is 0.314 e. The molecule has 7 heteroatoms. The molecular formula is C17H41N5O2+2. The summed E-state index contributed by atoms with van der Waals surface area (Å²) in [6.45, 7) is 9.72. The minimum Gasteiger partial charge on any atom is -0.370 e. The highest BCUT2D eigenvalue weighted by Crippen LogP contribution is 2.01. The van der Waals surface area contributed by atoms with E-state index >= 15 is 0 Å². The summed E-state index contributed by atoms with van der Waals surface area (Å²) in [5, 5.41) is 5.60. The van der Waals surface area contributed by atoms with E-state index in [1.165, 1.54) is 0 Å². The largest absolute Gasteiger partial charge is 0.370 e. The smallest absolute Gasteiger partial charge is 0.314 e.